The third kappa shape index (κ3) is 4.20. The van der Waals surface area contributed by atoms with Crippen LogP contribution in [0.4, 0.5) is 0 Å². The Labute approximate surface area is 184 Å². The predicted octanol–water partition coefficient (Wildman–Crippen LogP) is 8.66. The molecule has 0 aromatic heterocycles. The van der Waals surface area contributed by atoms with Crippen LogP contribution in [-0.2, 0) is 0 Å². The second-order valence-electron chi connectivity index (χ2n) is 7.97. The highest BCUT2D eigenvalue weighted by Crippen LogP contribution is 2.30. The van der Waals surface area contributed by atoms with E-state index >= 15 is 0 Å². The Bertz CT molecular complexity index is 1310. The van der Waals surface area contributed by atoms with Gasteiger partial charge in [0.2, 0.25) is 0 Å². The minimum absolute atomic E-state index is 1.23. The maximum absolute atomic E-state index is 2.28. The fourth-order valence-corrected chi connectivity index (χ4v) is 4.07. The normalized spacial score (nSPS) is 10.7. The summed E-state index contributed by atoms with van der Waals surface area (Å²) in [5.41, 5.74) is 11.2. The number of aryl methyl sites for hydroxylation is 1. The van der Waals surface area contributed by atoms with Crippen LogP contribution < -0.4 is 0 Å². The van der Waals surface area contributed by atoms with Crippen molar-refractivity contribution in [2.45, 2.75) is 6.92 Å². The van der Waals surface area contributed by atoms with E-state index in [4.69, 9.17) is 0 Å². The Hall–Kier alpha value is -3.90. The van der Waals surface area contributed by atoms with Crippen LogP contribution in [0.25, 0.3) is 44.5 Å². The summed E-state index contributed by atoms with van der Waals surface area (Å²) < 4.78 is 0. The zero-order valence-electron chi connectivity index (χ0n) is 17.6. The lowest BCUT2D eigenvalue weighted by atomic mass is 9.95. The van der Waals surface area contributed by atoms with E-state index in [0.29, 0.717) is 0 Å². The average Bonchev–Trinajstić information content (AvgIpc) is 2.85. The van der Waals surface area contributed by atoms with Gasteiger partial charge in [-0.25, -0.2) is 0 Å². The summed E-state index contributed by atoms with van der Waals surface area (Å²) in [5, 5.41) is 0. The second-order valence-corrected chi connectivity index (χ2v) is 7.97. The molecule has 0 saturated heterocycles. The molecule has 31 heavy (non-hydrogen) atoms. The molecule has 5 rings (SSSR count). The van der Waals surface area contributed by atoms with Crippen molar-refractivity contribution in [1.82, 2.24) is 0 Å². The minimum atomic E-state index is 1.23. The highest BCUT2D eigenvalue weighted by molar-refractivity contribution is 5.77. The molecule has 0 heteroatoms. The largest absolute Gasteiger partial charge is 0.0622 e. The quantitative estimate of drug-likeness (QED) is 0.285. The molecule has 0 radical (unpaired) electrons. The van der Waals surface area contributed by atoms with Crippen molar-refractivity contribution in [1.29, 1.82) is 0 Å². The van der Waals surface area contributed by atoms with E-state index < -0.39 is 0 Å². The van der Waals surface area contributed by atoms with Gasteiger partial charge in [-0.15, -0.1) is 0 Å². The van der Waals surface area contributed by atoms with Gasteiger partial charge in [0.1, 0.15) is 0 Å². The molecule has 0 saturated carbocycles. The first kappa shape index (κ1) is 19.1. The highest BCUT2D eigenvalue weighted by Gasteiger charge is 2.05. The standard InChI is InChI=1S/C31H24/c1-23-8-5-11-27(20-23)31-15-7-14-30(22-31)26-18-16-25(17-19-26)29-13-6-12-28(21-29)24-9-3-2-4-10-24/h2-22H,1H3. The average molecular weight is 397 g/mol. The van der Waals surface area contributed by atoms with Crippen LogP contribution in [0, 0.1) is 6.92 Å². The van der Waals surface area contributed by atoms with Crippen LogP contribution in [0.1, 0.15) is 5.56 Å². The summed E-state index contributed by atoms with van der Waals surface area (Å²) in [6.45, 7) is 2.14. The lowest BCUT2D eigenvalue weighted by molar-refractivity contribution is 1.47. The summed E-state index contributed by atoms with van der Waals surface area (Å²) in [4.78, 5) is 0. The molecule has 0 aliphatic carbocycles. The van der Waals surface area contributed by atoms with Crippen LogP contribution in [-0.4, -0.2) is 0 Å². The molecule has 0 atom stereocenters. The van der Waals surface area contributed by atoms with Crippen LogP contribution in [0.5, 0.6) is 0 Å². The summed E-state index contributed by atoms with van der Waals surface area (Å²) in [5.74, 6) is 0. The van der Waals surface area contributed by atoms with Crippen molar-refractivity contribution in [3.8, 4) is 44.5 Å². The van der Waals surface area contributed by atoms with Crippen molar-refractivity contribution in [2.75, 3.05) is 0 Å². The summed E-state index contributed by atoms with van der Waals surface area (Å²) in [6, 6.07) is 45.6. The number of rotatable bonds is 4. The minimum Gasteiger partial charge on any atom is -0.0622 e. The molecule has 0 fully saturated rings. The lowest BCUT2D eigenvalue weighted by Crippen LogP contribution is -1.84. The summed E-state index contributed by atoms with van der Waals surface area (Å²) in [7, 11) is 0. The third-order valence-electron chi connectivity index (χ3n) is 5.74. The number of hydrogen-bond donors (Lipinski definition) is 0. The van der Waals surface area contributed by atoms with Gasteiger partial charge in [-0.05, 0) is 63.6 Å². The molecular formula is C31H24. The summed E-state index contributed by atoms with van der Waals surface area (Å²) in [6.07, 6.45) is 0. The van der Waals surface area contributed by atoms with E-state index in [0.717, 1.165) is 0 Å². The van der Waals surface area contributed by atoms with Crippen LogP contribution in [0.15, 0.2) is 127 Å². The van der Waals surface area contributed by atoms with Gasteiger partial charge in [-0.3, -0.25) is 0 Å². The van der Waals surface area contributed by atoms with Gasteiger partial charge in [0, 0.05) is 0 Å². The molecule has 0 N–H and O–H groups in total. The molecule has 0 bridgehead atoms. The van der Waals surface area contributed by atoms with Crippen LogP contribution in [0.3, 0.4) is 0 Å². The summed E-state index contributed by atoms with van der Waals surface area (Å²) >= 11 is 0. The SMILES string of the molecule is Cc1cccc(-c2cccc(-c3ccc(-c4cccc(-c5ccccc5)c4)cc3)c2)c1. The first-order valence-corrected chi connectivity index (χ1v) is 10.7. The Morgan fingerprint density at radius 2 is 0.645 bits per heavy atom. The molecule has 0 aliphatic heterocycles. The van der Waals surface area contributed by atoms with E-state index in [1.807, 2.05) is 0 Å². The third-order valence-corrected chi connectivity index (χ3v) is 5.74. The molecule has 5 aromatic carbocycles. The van der Waals surface area contributed by atoms with Crippen molar-refractivity contribution in [3.63, 3.8) is 0 Å². The Balaban J connectivity index is 1.44. The zero-order chi connectivity index (χ0) is 21.0. The van der Waals surface area contributed by atoms with Gasteiger partial charge in [-0.1, -0.05) is 121 Å². The number of hydrogen-bond acceptors (Lipinski definition) is 0. The highest BCUT2D eigenvalue weighted by atomic mass is 14.1. The van der Waals surface area contributed by atoms with Crippen LogP contribution >= 0.6 is 0 Å². The maximum Gasteiger partial charge on any atom is -0.0178 e. The fraction of sp³-hybridized carbons (Fsp3) is 0.0323. The Morgan fingerprint density at radius 3 is 1.13 bits per heavy atom. The molecular weight excluding hydrogens is 372 g/mol. The van der Waals surface area contributed by atoms with Crippen molar-refractivity contribution < 1.29 is 0 Å². The topological polar surface area (TPSA) is 0 Å². The van der Waals surface area contributed by atoms with Gasteiger partial charge >= 0.3 is 0 Å². The van der Waals surface area contributed by atoms with E-state index in [1.54, 1.807) is 0 Å². The van der Waals surface area contributed by atoms with Crippen molar-refractivity contribution in [2.24, 2.45) is 0 Å². The van der Waals surface area contributed by atoms with Gasteiger partial charge in [-0.2, -0.15) is 0 Å². The molecule has 0 amide bonds. The molecule has 0 unspecified atom stereocenters. The maximum atomic E-state index is 2.28. The molecule has 0 nitrogen and oxygen atoms in total. The van der Waals surface area contributed by atoms with E-state index in [2.05, 4.69) is 134 Å². The van der Waals surface area contributed by atoms with E-state index in [1.165, 1.54) is 50.1 Å². The Kier molecular flexibility index (Phi) is 5.21. The first-order valence-electron chi connectivity index (χ1n) is 10.7. The molecule has 148 valence electrons. The van der Waals surface area contributed by atoms with Crippen molar-refractivity contribution >= 4 is 0 Å². The molecule has 0 spiro atoms. The fourth-order valence-electron chi connectivity index (χ4n) is 4.07. The molecule has 0 heterocycles. The Morgan fingerprint density at radius 1 is 0.290 bits per heavy atom. The molecule has 5 aromatic rings. The number of benzene rings is 5. The van der Waals surface area contributed by atoms with E-state index in [-0.39, 0.29) is 0 Å². The smallest absolute Gasteiger partial charge is 0.0178 e. The second kappa shape index (κ2) is 8.45. The monoisotopic (exact) mass is 396 g/mol. The van der Waals surface area contributed by atoms with Gasteiger partial charge < -0.3 is 0 Å². The van der Waals surface area contributed by atoms with Gasteiger partial charge in [0.15, 0.2) is 0 Å². The zero-order valence-corrected chi connectivity index (χ0v) is 17.6. The van der Waals surface area contributed by atoms with Gasteiger partial charge in [0.25, 0.3) is 0 Å². The van der Waals surface area contributed by atoms with Crippen molar-refractivity contribution in [3.05, 3.63) is 133 Å². The first-order chi connectivity index (χ1) is 15.3. The van der Waals surface area contributed by atoms with E-state index in [9.17, 15) is 0 Å². The molecule has 0 aliphatic rings. The lowest BCUT2D eigenvalue weighted by Gasteiger charge is -2.09. The predicted molar refractivity (Wildman–Crippen MR) is 133 cm³/mol. The van der Waals surface area contributed by atoms with Gasteiger partial charge in [0.05, 0.1) is 0 Å². The van der Waals surface area contributed by atoms with Crippen LogP contribution in [0.2, 0.25) is 0 Å².